The summed E-state index contributed by atoms with van der Waals surface area (Å²) >= 11 is 1.62. The van der Waals surface area contributed by atoms with Crippen molar-refractivity contribution in [3.8, 4) is 10.6 Å². The average molecular weight is 412 g/mol. The Morgan fingerprint density at radius 1 is 1.24 bits per heavy atom. The van der Waals surface area contributed by atoms with Crippen LogP contribution in [-0.2, 0) is 9.53 Å². The first-order chi connectivity index (χ1) is 14.2. The molecule has 0 spiro atoms. The van der Waals surface area contributed by atoms with Gasteiger partial charge in [0.25, 0.3) is 0 Å². The second-order valence-electron chi connectivity index (χ2n) is 7.69. The third-order valence-corrected chi connectivity index (χ3v) is 6.67. The fraction of sp³-hybridized carbons (Fsp3) is 0.429. The lowest BCUT2D eigenvalue weighted by Crippen LogP contribution is -2.52. The highest BCUT2D eigenvalue weighted by molar-refractivity contribution is 7.15. The number of carbonyl (C=O) groups excluding carboxylic acids is 1. The predicted octanol–water partition coefficient (Wildman–Crippen LogP) is 3.36. The van der Waals surface area contributed by atoms with Gasteiger partial charge in [0.05, 0.1) is 40.4 Å². The molecule has 7 nitrogen and oxygen atoms in total. The zero-order chi connectivity index (χ0) is 19.8. The SMILES string of the molecule is Cc1ncc(-c2ccc3cnc(NC(=O)C4CCN(C5COC5)CC4)cc3n2)s1.[HH]. The maximum absolute atomic E-state index is 12.7. The molecule has 0 aliphatic carbocycles. The molecule has 2 fully saturated rings. The number of fused-ring (bicyclic) bond motifs is 1. The number of amides is 1. The van der Waals surface area contributed by atoms with Crippen molar-refractivity contribution in [1.29, 1.82) is 0 Å². The van der Waals surface area contributed by atoms with Crippen molar-refractivity contribution in [3.05, 3.63) is 35.6 Å². The quantitative estimate of drug-likeness (QED) is 0.709. The van der Waals surface area contributed by atoms with Gasteiger partial charge in [0.15, 0.2) is 0 Å². The van der Waals surface area contributed by atoms with E-state index in [0.717, 1.165) is 65.6 Å². The van der Waals surface area contributed by atoms with E-state index in [9.17, 15) is 4.79 Å². The van der Waals surface area contributed by atoms with E-state index in [-0.39, 0.29) is 13.3 Å². The summed E-state index contributed by atoms with van der Waals surface area (Å²) in [7, 11) is 0. The summed E-state index contributed by atoms with van der Waals surface area (Å²) in [5, 5.41) is 4.96. The van der Waals surface area contributed by atoms with Crippen LogP contribution in [-0.4, -0.2) is 58.1 Å². The number of hydrogen-bond donors (Lipinski definition) is 1. The van der Waals surface area contributed by atoms with Crippen LogP contribution in [0.15, 0.2) is 30.6 Å². The number of ether oxygens (including phenoxy) is 1. The average Bonchev–Trinajstić information content (AvgIpc) is 3.13. The lowest BCUT2D eigenvalue weighted by molar-refractivity contribution is -0.123. The van der Waals surface area contributed by atoms with Gasteiger partial charge in [-0.05, 0) is 45.0 Å². The number of nitrogens with zero attached hydrogens (tertiary/aromatic N) is 4. The van der Waals surface area contributed by atoms with Crippen molar-refractivity contribution >= 4 is 34.0 Å². The molecule has 0 aromatic carbocycles. The number of aromatic nitrogens is 3. The van der Waals surface area contributed by atoms with E-state index in [1.165, 1.54) is 0 Å². The molecule has 2 aliphatic rings. The molecule has 1 N–H and O–H groups in total. The minimum absolute atomic E-state index is 0. The zero-order valence-corrected chi connectivity index (χ0v) is 17.1. The van der Waals surface area contributed by atoms with Crippen molar-refractivity contribution in [1.82, 2.24) is 19.9 Å². The molecular formula is C21H25N5O2S. The Labute approximate surface area is 174 Å². The number of thiazole rings is 1. The molecule has 29 heavy (non-hydrogen) atoms. The van der Waals surface area contributed by atoms with Crippen LogP contribution in [0.1, 0.15) is 19.3 Å². The fourth-order valence-electron chi connectivity index (χ4n) is 3.89. The number of nitrogens with one attached hydrogen (secondary N) is 1. The number of aryl methyl sites for hydroxylation is 1. The van der Waals surface area contributed by atoms with Gasteiger partial charge in [-0.25, -0.2) is 15.0 Å². The van der Waals surface area contributed by atoms with Crippen LogP contribution in [0, 0.1) is 12.8 Å². The standard InChI is InChI=1S/C21H23N5O2S.H2/c1-13-22-10-19(29-13)17-3-2-15-9-23-20(8-18(15)24-17)25-21(27)14-4-6-26(7-5-14)16-11-28-12-16;/h2-3,8-10,14,16H,4-7,11-12H2,1H3,(H,23,25,27);1H. The van der Waals surface area contributed by atoms with Gasteiger partial charge in [-0.15, -0.1) is 11.3 Å². The molecule has 0 bridgehead atoms. The van der Waals surface area contributed by atoms with Crippen molar-refractivity contribution in [2.75, 3.05) is 31.6 Å². The summed E-state index contributed by atoms with van der Waals surface area (Å²) in [6.07, 6.45) is 5.37. The van der Waals surface area contributed by atoms with Gasteiger partial charge in [-0.1, -0.05) is 0 Å². The Kier molecular flexibility index (Phi) is 4.99. The van der Waals surface area contributed by atoms with Gasteiger partial charge in [0.2, 0.25) is 5.91 Å². The molecule has 1 amide bonds. The van der Waals surface area contributed by atoms with E-state index >= 15 is 0 Å². The normalized spacial score (nSPS) is 18.7. The van der Waals surface area contributed by atoms with E-state index in [1.54, 1.807) is 17.5 Å². The molecular weight excluding hydrogens is 386 g/mol. The first-order valence-corrected chi connectivity index (χ1v) is 10.8. The van der Waals surface area contributed by atoms with Gasteiger partial charge in [0.1, 0.15) is 5.82 Å². The Hall–Kier alpha value is -2.42. The van der Waals surface area contributed by atoms with Crippen LogP contribution in [0.4, 0.5) is 5.82 Å². The van der Waals surface area contributed by atoms with Crippen LogP contribution >= 0.6 is 11.3 Å². The predicted molar refractivity (Wildman–Crippen MR) is 115 cm³/mol. The Balaban J connectivity index is 0.00000218. The van der Waals surface area contributed by atoms with Crippen LogP contribution in [0.2, 0.25) is 0 Å². The summed E-state index contributed by atoms with van der Waals surface area (Å²) < 4.78 is 5.28. The minimum atomic E-state index is 0. The minimum Gasteiger partial charge on any atom is -0.378 e. The highest BCUT2D eigenvalue weighted by atomic mass is 32.1. The van der Waals surface area contributed by atoms with Crippen molar-refractivity contribution in [2.24, 2.45) is 5.92 Å². The van der Waals surface area contributed by atoms with E-state index in [4.69, 9.17) is 9.72 Å². The number of hydrogen-bond acceptors (Lipinski definition) is 7. The highest BCUT2D eigenvalue weighted by Gasteiger charge is 2.32. The zero-order valence-electron chi connectivity index (χ0n) is 16.3. The van der Waals surface area contributed by atoms with Crippen LogP contribution in [0.3, 0.4) is 0 Å². The summed E-state index contributed by atoms with van der Waals surface area (Å²) in [6, 6.07) is 6.39. The second-order valence-corrected chi connectivity index (χ2v) is 8.93. The first-order valence-electron chi connectivity index (χ1n) is 9.98. The van der Waals surface area contributed by atoms with Crippen molar-refractivity contribution in [3.63, 3.8) is 0 Å². The van der Waals surface area contributed by atoms with Gasteiger partial charge < -0.3 is 10.1 Å². The number of carbonyl (C=O) groups is 1. The van der Waals surface area contributed by atoms with E-state index in [0.29, 0.717) is 11.9 Å². The summed E-state index contributed by atoms with van der Waals surface area (Å²) in [6.45, 7) is 5.55. The molecule has 2 aliphatic heterocycles. The maximum atomic E-state index is 12.7. The molecule has 8 heteroatoms. The largest absolute Gasteiger partial charge is 0.378 e. The monoisotopic (exact) mass is 411 g/mol. The molecule has 0 atom stereocenters. The van der Waals surface area contributed by atoms with Gasteiger partial charge in [-0.2, -0.15) is 0 Å². The Morgan fingerprint density at radius 3 is 2.76 bits per heavy atom. The molecule has 152 valence electrons. The van der Waals surface area contributed by atoms with Crippen LogP contribution in [0.25, 0.3) is 21.5 Å². The van der Waals surface area contributed by atoms with Gasteiger partial charge >= 0.3 is 0 Å². The van der Waals surface area contributed by atoms with Crippen LogP contribution < -0.4 is 5.32 Å². The van der Waals surface area contributed by atoms with Crippen LogP contribution in [0.5, 0.6) is 0 Å². The highest BCUT2D eigenvalue weighted by Crippen LogP contribution is 2.27. The number of likely N-dealkylation sites (tertiary alicyclic amines) is 1. The fourth-order valence-corrected chi connectivity index (χ4v) is 4.64. The molecule has 3 aromatic heterocycles. The lowest BCUT2D eigenvalue weighted by atomic mass is 9.94. The number of pyridine rings is 2. The smallest absolute Gasteiger partial charge is 0.228 e. The van der Waals surface area contributed by atoms with Crippen molar-refractivity contribution in [2.45, 2.75) is 25.8 Å². The summed E-state index contributed by atoms with van der Waals surface area (Å²) in [5.41, 5.74) is 1.71. The maximum Gasteiger partial charge on any atom is 0.228 e. The third kappa shape index (κ3) is 3.88. The molecule has 2 saturated heterocycles. The topological polar surface area (TPSA) is 80.2 Å². The molecule has 0 unspecified atom stereocenters. The lowest BCUT2D eigenvalue weighted by Gasteiger charge is -2.41. The molecule has 0 saturated carbocycles. The number of rotatable bonds is 4. The van der Waals surface area contributed by atoms with Crippen molar-refractivity contribution < 1.29 is 11.0 Å². The summed E-state index contributed by atoms with van der Waals surface area (Å²) in [4.78, 5) is 29.7. The van der Waals surface area contributed by atoms with E-state index in [1.807, 2.05) is 31.3 Å². The third-order valence-electron chi connectivity index (χ3n) is 5.74. The Bertz CT molecular complexity index is 1050. The number of piperidine rings is 1. The van der Waals surface area contributed by atoms with E-state index in [2.05, 4.69) is 20.2 Å². The Morgan fingerprint density at radius 2 is 2.07 bits per heavy atom. The second kappa shape index (κ2) is 7.78. The number of anilines is 1. The van der Waals surface area contributed by atoms with E-state index < -0.39 is 0 Å². The molecule has 0 radical (unpaired) electrons. The van der Waals surface area contributed by atoms with Gasteiger partial charge in [0, 0.05) is 31.2 Å². The molecule has 5 rings (SSSR count). The van der Waals surface area contributed by atoms with Gasteiger partial charge in [-0.3, -0.25) is 9.69 Å². The summed E-state index contributed by atoms with van der Waals surface area (Å²) in [5.74, 6) is 0.641. The molecule has 5 heterocycles. The first kappa shape index (κ1) is 18.6. The molecule has 3 aromatic rings.